The predicted molar refractivity (Wildman–Crippen MR) is 75.3 cm³/mol. The normalized spacial score (nSPS) is 12.2. The van der Waals surface area contributed by atoms with E-state index in [1.165, 1.54) is 11.6 Å². The van der Waals surface area contributed by atoms with E-state index >= 15 is 0 Å². The van der Waals surface area contributed by atoms with Crippen LogP contribution in [0.1, 0.15) is 25.5 Å². The Bertz CT molecular complexity index is 371. The minimum atomic E-state index is -0.122. The maximum absolute atomic E-state index is 11.3. The molecule has 1 unspecified atom stereocenters. The lowest BCUT2D eigenvalue weighted by Crippen LogP contribution is -2.37. The summed E-state index contributed by atoms with van der Waals surface area (Å²) in [5, 5.41) is 2.88. The number of hydrogen-bond donors (Lipinski definition) is 1. The van der Waals surface area contributed by atoms with Gasteiger partial charge in [0.15, 0.2) is 0 Å². The second-order valence-corrected chi connectivity index (χ2v) is 4.10. The number of benzene rings is 1. The molecule has 0 aromatic heterocycles. The van der Waals surface area contributed by atoms with Crippen molar-refractivity contribution in [2.24, 2.45) is 0 Å². The quantitative estimate of drug-likeness (QED) is 0.749. The molecule has 0 aliphatic heterocycles. The van der Waals surface area contributed by atoms with E-state index in [9.17, 15) is 4.79 Å². The first kappa shape index (κ1) is 14.5. The molecule has 18 heavy (non-hydrogen) atoms. The fraction of sp³-hybridized carbons (Fsp3) is 0.400. The highest BCUT2D eigenvalue weighted by Gasteiger charge is 2.17. The third-order valence-corrected chi connectivity index (χ3v) is 3.09. The largest absolute Gasteiger partial charge is 0.351 e. The van der Waals surface area contributed by atoms with Crippen LogP contribution < -0.4 is 5.32 Å². The second kappa shape index (κ2) is 7.67. The first-order chi connectivity index (χ1) is 8.72. The Morgan fingerprint density at radius 2 is 1.94 bits per heavy atom. The highest BCUT2D eigenvalue weighted by Crippen LogP contribution is 2.19. The lowest BCUT2D eigenvalue weighted by atomic mass is 10.1. The summed E-state index contributed by atoms with van der Waals surface area (Å²) in [6.07, 6.45) is 1.31. The summed E-state index contributed by atoms with van der Waals surface area (Å²) in [7, 11) is 0. The van der Waals surface area contributed by atoms with E-state index in [2.05, 4.69) is 42.8 Å². The molecule has 0 spiro atoms. The number of carbonyl (C=O) groups is 1. The fourth-order valence-corrected chi connectivity index (χ4v) is 2.07. The van der Waals surface area contributed by atoms with Gasteiger partial charge in [-0.25, -0.2) is 0 Å². The number of nitrogens with one attached hydrogen (secondary N) is 1. The first-order valence-corrected chi connectivity index (χ1v) is 6.42. The third-order valence-electron chi connectivity index (χ3n) is 3.09. The summed E-state index contributed by atoms with van der Waals surface area (Å²) < 4.78 is 0. The average molecular weight is 246 g/mol. The third kappa shape index (κ3) is 4.00. The van der Waals surface area contributed by atoms with Gasteiger partial charge in [0.2, 0.25) is 5.91 Å². The van der Waals surface area contributed by atoms with Gasteiger partial charge in [-0.1, -0.05) is 50.8 Å². The predicted octanol–water partition coefficient (Wildman–Crippen LogP) is 2.37. The summed E-state index contributed by atoms with van der Waals surface area (Å²) >= 11 is 0. The first-order valence-electron chi connectivity index (χ1n) is 6.42. The Hall–Kier alpha value is -1.61. The molecular formula is C15H22N2O. The minimum absolute atomic E-state index is 0.122. The molecule has 98 valence electrons. The van der Waals surface area contributed by atoms with E-state index < -0.39 is 0 Å². The molecule has 0 heterocycles. The number of likely N-dealkylation sites (N-methyl/N-ethyl adjacent to an activating group) is 1. The molecule has 1 aromatic rings. The zero-order valence-electron chi connectivity index (χ0n) is 11.2. The van der Waals surface area contributed by atoms with E-state index in [-0.39, 0.29) is 11.9 Å². The molecule has 1 N–H and O–H groups in total. The van der Waals surface area contributed by atoms with E-state index in [4.69, 9.17) is 0 Å². The maximum atomic E-state index is 11.3. The molecule has 0 aliphatic carbocycles. The van der Waals surface area contributed by atoms with Crippen LogP contribution in [0.2, 0.25) is 0 Å². The minimum Gasteiger partial charge on any atom is -0.351 e. The van der Waals surface area contributed by atoms with Gasteiger partial charge in [-0.15, -0.1) is 0 Å². The van der Waals surface area contributed by atoms with Crippen molar-refractivity contribution in [2.75, 3.05) is 19.6 Å². The second-order valence-electron chi connectivity index (χ2n) is 4.10. The van der Waals surface area contributed by atoms with Crippen LogP contribution in [0.3, 0.4) is 0 Å². The summed E-state index contributed by atoms with van der Waals surface area (Å²) in [5.74, 6) is -0.122. The van der Waals surface area contributed by atoms with E-state index in [0.717, 1.165) is 13.1 Å². The zero-order chi connectivity index (χ0) is 13.4. The zero-order valence-corrected chi connectivity index (χ0v) is 11.2. The Morgan fingerprint density at radius 1 is 1.33 bits per heavy atom. The molecule has 3 nitrogen and oxygen atoms in total. The maximum Gasteiger partial charge on any atom is 0.243 e. The van der Waals surface area contributed by atoms with Crippen molar-refractivity contribution in [3.05, 3.63) is 48.6 Å². The molecule has 0 radical (unpaired) electrons. The van der Waals surface area contributed by atoms with Gasteiger partial charge in [-0.2, -0.15) is 0 Å². The van der Waals surface area contributed by atoms with Crippen LogP contribution >= 0.6 is 0 Å². The van der Waals surface area contributed by atoms with Crippen LogP contribution in [0.25, 0.3) is 0 Å². The Kier molecular flexibility index (Phi) is 6.15. The van der Waals surface area contributed by atoms with Crippen molar-refractivity contribution in [3.8, 4) is 0 Å². The molecule has 1 rings (SSSR count). The Labute approximate surface area is 109 Å². The SMILES string of the molecule is C=CC(=O)NCC(c1ccccc1)N(CC)CC. The van der Waals surface area contributed by atoms with Crippen molar-refractivity contribution in [3.63, 3.8) is 0 Å². The molecule has 1 atom stereocenters. The van der Waals surface area contributed by atoms with Crippen molar-refractivity contribution in [2.45, 2.75) is 19.9 Å². The average Bonchev–Trinajstić information content (AvgIpc) is 2.44. The molecule has 3 heteroatoms. The van der Waals surface area contributed by atoms with Crippen LogP contribution in [-0.4, -0.2) is 30.4 Å². The van der Waals surface area contributed by atoms with Crippen molar-refractivity contribution in [1.29, 1.82) is 0 Å². The number of nitrogens with zero attached hydrogens (tertiary/aromatic N) is 1. The smallest absolute Gasteiger partial charge is 0.243 e. The Balaban J connectivity index is 2.81. The van der Waals surface area contributed by atoms with E-state index in [1.54, 1.807) is 0 Å². The molecule has 0 fully saturated rings. The molecule has 0 bridgehead atoms. The topological polar surface area (TPSA) is 32.3 Å². The van der Waals surface area contributed by atoms with Crippen molar-refractivity contribution < 1.29 is 4.79 Å². The van der Waals surface area contributed by atoms with Crippen molar-refractivity contribution in [1.82, 2.24) is 10.2 Å². The lowest BCUT2D eigenvalue weighted by Gasteiger charge is -2.30. The standard InChI is InChI=1S/C15H22N2O/c1-4-15(18)16-12-14(17(5-2)6-3)13-10-8-7-9-11-13/h4,7-11,14H,1,5-6,12H2,2-3H3,(H,16,18). The highest BCUT2D eigenvalue weighted by atomic mass is 16.1. The number of carbonyl (C=O) groups excluding carboxylic acids is 1. The number of rotatable bonds is 7. The van der Waals surface area contributed by atoms with Gasteiger partial charge in [0.05, 0.1) is 6.04 Å². The summed E-state index contributed by atoms with van der Waals surface area (Å²) in [5.41, 5.74) is 1.23. The van der Waals surface area contributed by atoms with Gasteiger partial charge in [0, 0.05) is 6.54 Å². The summed E-state index contributed by atoms with van der Waals surface area (Å²) in [6, 6.07) is 10.5. The van der Waals surface area contributed by atoms with Gasteiger partial charge in [-0.05, 0) is 24.7 Å². The molecule has 0 saturated heterocycles. The molecule has 0 saturated carbocycles. The monoisotopic (exact) mass is 246 g/mol. The molecule has 0 aliphatic rings. The van der Waals surface area contributed by atoms with Gasteiger partial charge in [0.1, 0.15) is 0 Å². The number of hydrogen-bond acceptors (Lipinski definition) is 2. The summed E-state index contributed by atoms with van der Waals surface area (Å²) in [4.78, 5) is 13.6. The van der Waals surface area contributed by atoms with Crippen LogP contribution in [0.15, 0.2) is 43.0 Å². The van der Waals surface area contributed by atoms with E-state index in [0.29, 0.717) is 6.54 Å². The molecule has 1 aromatic carbocycles. The molecular weight excluding hydrogens is 224 g/mol. The van der Waals surface area contributed by atoms with Crippen LogP contribution in [-0.2, 0) is 4.79 Å². The number of amides is 1. The highest BCUT2D eigenvalue weighted by molar-refractivity contribution is 5.86. The lowest BCUT2D eigenvalue weighted by molar-refractivity contribution is -0.116. The van der Waals surface area contributed by atoms with Gasteiger partial charge >= 0.3 is 0 Å². The fourth-order valence-electron chi connectivity index (χ4n) is 2.07. The van der Waals surface area contributed by atoms with Gasteiger partial charge in [0.25, 0.3) is 0 Å². The van der Waals surface area contributed by atoms with Gasteiger partial charge < -0.3 is 5.32 Å². The van der Waals surface area contributed by atoms with Crippen LogP contribution in [0.4, 0.5) is 0 Å². The molecule has 1 amide bonds. The van der Waals surface area contributed by atoms with Crippen LogP contribution in [0.5, 0.6) is 0 Å². The van der Waals surface area contributed by atoms with Crippen molar-refractivity contribution >= 4 is 5.91 Å². The van der Waals surface area contributed by atoms with E-state index in [1.807, 2.05) is 18.2 Å². The summed E-state index contributed by atoms with van der Waals surface area (Å²) in [6.45, 7) is 10.3. The van der Waals surface area contributed by atoms with Gasteiger partial charge in [-0.3, -0.25) is 9.69 Å². The van der Waals surface area contributed by atoms with Crippen LogP contribution in [0, 0.1) is 0 Å². The Morgan fingerprint density at radius 3 is 2.44 bits per heavy atom.